The molecule has 0 aliphatic carbocycles. The van der Waals surface area contributed by atoms with Crippen LogP contribution in [-0.4, -0.2) is 27.2 Å². The molecule has 0 rings (SSSR count). The van der Waals surface area contributed by atoms with E-state index in [1.54, 1.807) is 0 Å². The van der Waals surface area contributed by atoms with Gasteiger partial charge >= 0.3 is 63.4 Å². The zero-order valence-electron chi connectivity index (χ0n) is 5.72. The molecule has 0 aromatic rings. The van der Waals surface area contributed by atoms with Gasteiger partial charge in [-0.2, -0.15) is 0 Å². The average molecular weight is 193 g/mol. The van der Waals surface area contributed by atoms with E-state index in [0.29, 0.717) is 0 Å². The molecule has 3 N–H and O–H groups in total. The molecule has 0 heterocycles. The Kier molecular flexibility index (Phi) is 2.74. The fourth-order valence-electron chi connectivity index (χ4n) is 0.401. The van der Waals surface area contributed by atoms with Crippen molar-refractivity contribution >= 4 is 16.0 Å². The van der Waals surface area contributed by atoms with Crippen molar-refractivity contribution in [3.05, 3.63) is 12.3 Å². The Morgan fingerprint density at radius 2 is 2.11 bits per heavy atom. The molecule has 0 saturated carbocycles. The van der Waals surface area contributed by atoms with E-state index < -0.39 is 0 Å². The van der Waals surface area contributed by atoms with E-state index in [9.17, 15) is 0 Å². The summed E-state index contributed by atoms with van der Waals surface area (Å²) in [5, 5.41) is 8.82. The molecular formula is C6H12NOSe. The minimum absolute atomic E-state index is 0.0266. The topological polar surface area (TPSA) is 46.2 Å². The van der Waals surface area contributed by atoms with Crippen molar-refractivity contribution in [1.82, 2.24) is 0 Å². The van der Waals surface area contributed by atoms with Gasteiger partial charge in [-0.25, -0.2) is 0 Å². The first-order valence-electron chi connectivity index (χ1n) is 2.69. The molecule has 9 heavy (non-hydrogen) atoms. The zero-order valence-corrected chi connectivity index (χ0v) is 7.43. The summed E-state index contributed by atoms with van der Waals surface area (Å²) >= 11 is 2.85. The third-order valence-electron chi connectivity index (χ3n) is 1.11. The van der Waals surface area contributed by atoms with Crippen LogP contribution in [0.3, 0.4) is 0 Å². The van der Waals surface area contributed by atoms with Crippen LogP contribution in [0.4, 0.5) is 0 Å². The van der Waals surface area contributed by atoms with Crippen molar-refractivity contribution in [2.45, 2.75) is 24.2 Å². The van der Waals surface area contributed by atoms with Crippen LogP contribution in [-0.2, 0) is 0 Å². The molecule has 1 unspecified atom stereocenters. The summed E-state index contributed by atoms with van der Waals surface area (Å²) in [6.07, 6.45) is 0. The molecule has 1 atom stereocenters. The number of hydrogen-bond acceptors (Lipinski definition) is 2. The number of rotatable bonds is 2. The summed E-state index contributed by atoms with van der Waals surface area (Å²) in [5.74, 6) is 0.0266. The molecule has 0 aromatic carbocycles. The first-order chi connectivity index (χ1) is 3.85. The maximum atomic E-state index is 8.82. The molecule has 1 radical (unpaired) electrons. The van der Waals surface area contributed by atoms with Crippen LogP contribution in [0.2, 0.25) is 4.31 Å². The standard InChI is InChI=1S/C6H12NOSe/c1-4(8)5(7)6(2,3)9/h5,8H,1,7H2,2-3H3. The third kappa shape index (κ3) is 2.89. The van der Waals surface area contributed by atoms with Gasteiger partial charge in [0, 0.05) is 0 Å². The van der Waals surface area contributed by atoms with Gasteiger partial charge in [-0.15, -0.1) is 0 Å². The van der Waals surface area contributed by atoms with E-state index in [4.69, 9.17) is 10.8 Å². The first-order valence-corrected chi connectivity index (χ1v) is 3.55. The molecule has 0 fully saturated rings. The number of hydrogen-bond donors (Lipinski definition) is 2. The van der Waals surface area contributed by atoms with Crippen molar-refractivity contribution in [3.63, 3.8) is 0 Å². The Bertz CT molecular complexity index is 117. The van der Waals surface area contributed by atoms with Gasteiger partial charge in [-0.05, 0) is 0 Å². The van der Waals surface area contributed by atoms with E-state index in [0.717, 1.165) is 0 Å². The molecule has 53 valence electrons. The van der Waals surface area contributed by atoms with Crippen LogP contribution in [0.1, 0.15) is 13.8 Å². The molecule has 0 spiro atoms. The second-order valence-corrected chi connectivity index (χ2v) is 4.78. The monoisotopic (exact) mass is 194 g/mol. The fourth-order valence-corrected chi connectivity index (χ4v) is 0.687. The summed E-state index contributed by atoms with van der Waals surface area (Å²) in [6, 6.07) is -0.377. The Labute approximate surface area is 63.9 Å². The predicted molar refractivity (Wildman–Crippen MR) is 39.5 cm³/mol. The van der Waals surface area contributed by atoms with Gasteiger partial charge < -0.3 is 0 Å². The van der Waals surface area contributed by atoms with E-state index >= 15 is 0 Å². The van der Waals surface area contributed by atoms with Crippen LogP contribution in [0, 0.1) is 0 Å². The van der Waals surface area contributed by atoms with Crippen LogP contribution in [0.15, 0.2) is 12.3 Å². The molecule has 0 bridgehead atoms. The SMILES string of the molecule is C=C(O)C(N)C(C)(C)[Se]. The van der Waals surface area contributed by atoms with Gasteiger partial charge in [0.25, 0.3) is 0 Å². The van der Waals surface area contributed by atoms with Crippen molar-refractivity contribution in [1.29, 1.82) is 0 Å². The molecule has 0 aliphatic heterocycles. The van der Waals surface area contributed by atoms with Gasteiger partial charge in [0.15, 0.2) is 0 Å². The normalized spacial score (nSPS) is 15.1. The molecule has 0 aromatic heterocycles. The molecule has 0 aliphatic rings. The van der Waals surface area contributed by atoms with E-state index in [1.807, 2.05) is 13.8 Å². The Balaban J connectivity index is 4.04. The third-order valence-corrected chi connectivity index (χ3v) is 1.64. The van der Waals surface area contributed by atoms with Crippen LogP contribution in [0.25, 0.3) is 0 Å². The maximum absolute atomic E-state index is 8.82. The van der Waals surface area contributed by atoms with Crippen molar-refractivity contribution < 1.29 is 5.11 Å². The summed E-state index contributed by atoms with van der Waals surface area (Å²) in [4.78, 5) is 0. The first kappa shape index (κ1) is 9.02. The van der Waals surface area contributed by atoms with Crippen molar-refractivity contribution in [3.8, 4) is 0 Å². The number of aliphatic hydroxyl groups is 1. The summed E-state index contributed by atoms with van der Waals surface area (Å²) in [7, 11) is 0. The number of nitrogens with two attached hydrogens (primary N) is 1. The fraction of sp³-hybridized carbons (Fsp3) is 0.667. The van der Waals surface area contributed by atoms with Crippen LogP contribution in [0.5, 0.6) is 0 Å². The van der Waals surface area contributed by atoms with E-state index in [1.165, 1.54) is 0 Å². The summed E-state index contributed by atoms with van der Waals surface area (Å²) < 4.78 is -0.216. The summed E-state index contributed by atoms with van der Waals surface area (Å²) in [5.41, 5.74) is 5.51. The van der Waals surface area contributed by atoms with Gasteiger partial charge in [-0.1, -0.05) is 0 Å². The second kappa shape index (κ2) is 2.74. The van der Waals surface area contributed by atoms with E-state index in [2.05, 4.69) is 22.6 Å². The van der Waals surface area contributed by atoms with Crippen molar-refractivity contribution in [2.75, 3.05) is 0 Å². The van der Waals surface area contributed by atoms with Crippen LogP contribution >= 0.6 is 0 Å². The van der Waals surface area contributed by atoms with Gasteiger partial charge in [0.05, 0.1) is 0 Å². The quantitative estimate of drug-likeness (QED) is 0.502. The summed E-state index contributed by atoms with van der Waals surface area (Å²) in [6.45, 7) is 7.14. The van der Waals surface area contributed by atoms with Crippen molar-refractivity contribution in [2.24, 2.45) is 5.73 Å². The Morgan fingerprint density at radius 1 is 1.78 bits per heavy atom. The average Bonchev–Trinajstić information content (AvgIpc) is 1.62. The molecule has 0 amide bonds. The molecule has 2 nitrogen and oxygen atoms in total. The zero-order chi connectivity index (χ0) is 7.65. The predicted octanol–water partition coefficient (Wildman–Crippen LogP) is 0.752. The van der Waals surface area contributed by atoms with Crippen LogP contribution < -0.4 is 5.73 Å². The Hall–Kier alpha value is 0.0195. The molecule has 3 heteroatoms. The number of aliphatic hydroxyl groups excluding tert-OH is 1. The van der Waals surface area contributed by atoms with E-state index in [-0.39, 0.29) is 16.1 Å². The van der Waals surface area contributed by atoms with Gasteiger partial charge in [-0.3, -0.25) is 0 Å². The molecule has 0 saturated heterocycles. The van der Waals surface area contributed by atoms with Gasteiger partial charge in [0.1, 0.15) is 0 Å². The molecular weight excluding hydrogens is 181 g/mol. The Morgan fingerprint density at radius 3 is 2.11 bits per heavy atom. The van der Waals surface area contributed by atoms with Gasteiger partial charge in [0.2, 0.25) is 0 Å². The minimum atomic E-state index is -0.377. The second-order valence-electron chi connectivity index (χ2n) is 2.57.